The molecule has 1 rings (SSSR count). The maximum absolute atomic E-state index is 11.2. The maximum atomic E-state index is 11.2. The monoisotopic (exact) mass is 297 g/mol. The minimum Gasteiger partial charge on any atom is -0.496 e. The number of hydrogen-bond donors (Lipinski definition) is 2. The van der Waals surface area contributed by atoms with Gasteiger partial charge in [0, 0.05) is 10.0 Å². The fraction of sp³-hybridized carbons (Fsp3) is 0.250. The normalized spacial score (nSPS) is 11.6. The lowest BCUT2D eigenvalue weighted by Gasteiger charge is -2.16. The van der Waals surface area contributed by atoms with Crippen LogP contribution in [0.15, 0.2) is 22.7 Å². The van der Waals surface area contributed by atoms with Gasteiger partial charge in [0.2, 0.25) is 0 Å². The fourth-order valence-electron chi connectivity index (χ4n) is 1.42. The van der Waals surface area contributed by atoms with Crippen LogP contribution in [0.2, 0.25) is 0 Å². The van der Waals surface area contributed by atoms with Crippen molar-refractivity contribution in [2.75, 3.05) is 13.7 Å². The third kappa shape index (κ3) is 3.48. The Labute approximate surface area is 108 Å². The molecule has 0 aliphatic heterocycles. The first kappa shape index (κ1) is 13.6. The number of halogens is 1. The molecule has 0 aliphatic rings. The van der Waals surface area contributed by atoms with Crippen LogP contribution >= 0.6 is 15.9 Å². The second-order valence-corrected chi connectivity index (χ2v) is 4.16. The Morgan fingerprint density at radius 2 is 2.41 bits per heavy atom. The van der Waals surface area contributed by atoms with Gasteiger partial charge in [-0.1, -0.05) is 21.9 Å². The second-order valence-electron chi connectivity index (χ2n) is 3.24. The summed E-state index contributed by atoms with van der Waals surface area (Å²) in [7, 11) is 1.49. The summed E-state index contributed by atoms with van der Waals surface area (Å²) >= 11 is 3.29. The number of aliphatic carboxylic acids is 1. The molecular weight excluding hydrogens is 286 g/mol. The molecule has 0 saturated carbocycles. The number of carboxylic acid groups (broad SMARTS) is 1. The second kappa shape index (κ2) is 6.28. The van der Waals surface area contributed by atoms with Crippen molar-refractivity contribution in [2.24, 2.45) is 0 Å². The number of ether oxygens (including phenoxy) is 1. The lowest BCUT2D eigenvalue weighted by molar-refractivity contribution is -0.139. The van der Waals surface area contributed by atoms with Crippen LogP contribution in [-0.4, -0.2) is 24.7 Å². The summed E-state index contributed by atoms with van der Waals surface area (Å²) in [6.45, 7) is 0.173. The van der Waals surface area contributed by atoms with Gasteiger partial charge in [-0.05, 0) is 18.2 Å². The predicted octanol–water partition coefficient (Wildman–Crippen LogP) is 1.81. The summed E-state index contributed by atoms with van der Waals surface area (Å²) in [5, 5.41) is 11.9. The highest BCUT2D eigenvalue weighted by Crippen LogP contribution is 2.28. The first-order chi connectivity index (χ1) is 8.10. The Morgan fingerprint density at radius 3 is 2.94 bits per heavy atom. The van der Waals surface area contributed by atoms with Gasteiger partial charge in [-0.2, -0.15) is 0 Å². The molecule has 0 aliphatic carbocycles. The van der Waals surface area contributed by atoms with E-state index >= 15 is 0 Å². The van der Waals surface area contributed by atoms with Crippen molar-refractivity contribution in [3.63, 3.8) is 0 Å². The van der Waals surface area contributed by atoms with Gasteiger partial charge in [-0.25, -0.2) is 0 Å². The Hall–Kier alpha value is -1.51. The van der Waals surface area contributed by atoms with Gasteiger partial charge in [0.05, 0.1) is 13.7 Å². The summed E-state index contributed by atoms with van der Waals surface area (Å²) in [5.41, 5.74) is 0.532. The Kier molecular flexibility index (Phi) is 5.01. The zero-order chi connectivity index (χ0) is 12.8. The molecule has 0 fully saturated rings. The number of terminal acetylenes is 1. The van der Waals surface area contributed by atoms with Crippen molar-refractivity contribution in [3.05, 3.63) is 28.2 Å². The highest BCUT2D eigenvalue weighted by atomic mass is 79.9. The van der Waals surface area contributed by atoms with Gasteiger partial charge in [-0.15, -0.1) is 6.42 Å². The highest BCUT2D eigenvalue weighted by Gasteiger charge is 2.22. The van der Waals surface area contributed by atoms with E-state index < -0.39 is 12.0 Å². The van der Waals surface area contributed by atoms with E-state index in [9.17, 15) is 4.79 Å². The van der Waals surface area contributed by atoms with E-state index in [0.29, 0.717) is 11.3 Å². The number of benzene rings is 1. The number of hydrogen-bond acceptors (Lipinski definition) is 3. The van der Waals surface area contributed by atoms with Crippen molar-refractivity contribution in [1.29, 1.82) is 0 Å². The van der Waals surface area contributed by atoms with Crippen LogP contribution < -0.4 is 10.1 Å². The average Bonchev–Trinajstić information content (AvgIpc) is 2.29. The Bertz CT molecular complexity index is 454. The van der Waals surface area contributed by atoms with Crippen molar-refractivity contribution in [2.45, 2.75) is 6.04 Å². The standard InChI is InChI=1S/C12H12BrNO3/c1-3-6-14-11(12(15)16)9-7-8(13)4-5-10(9)17-2/h1,4-5,7,11,14H,6H2,2H3,(H,15,16). The SMILES string of the molecule is C#CCNC(C(=O)O)c1cc(Br)ccc1OC. The van der Waals surface area contributed by atoms with E-state index in [1.54, 1.807) is 18.2 Å². The number of rotatable bonds is 5. The molecule has 0 aromatic heterocycles. The molecule has 0 radical (unpaired) electrons. The average molecular weight is 298 g/mol. The van der Waals surface area contributed by atoms with Crippen LogP contribution in [0.1, 0.15) is 11.6 Å². The highest BCUT2D eigenvalue weighted by molar-refractivity contribution is 9.10. The van der Waals surface area contributed by atoms with E-state index in [1.807, 2.05) is 0 Å². The number of carboxylic acids is 1. The molecule has 1 atom stereocenters. The lowest BCUT2D eigenvalue weighted by Crippen LogP contribution is -2.29. The third-order valence-electron chi connectivity index (χ3n) is 2.16. The molecule has 17 heavy (non-hydrogen) atoms. The number of nitrogens with one attached hydrogen (secondary N) is 1. The van der Waals surface area contributed by atoms with Gasteiger partial charge >= 0.3 is 5.97 Å². The number of carbonyl (C=O) groups is 1. The molecule has 2 N–H and O–H groups in total. The molecule has 1 aromatic rings. The molecule has 1 aromatic carbocycles. The van der Waals surface area contributed by atoms with Crippen molar-refractivity contribution in [3.8, 4) is 18.1 Å². The molecule has 90 valence electrons. The maximum Gasteiger partial charge on any atom is 0.325 e. The minimum absolute atomic E-state index is 0.173. The topological polar surface area (TPSA) is 58.6 Å². The van der Waals surface area contributed by atoms with E-state index in [-0.39, 0.29) is 6.54 Å². The Morgan fingerprint density at radius 1 is 1.71 bits per heavy atom. The molecule has 0 bridgehead atoms. The molecule has 0 saturated heterocycles. The molecule has 5 heteroatoms. The smallest absolute Gasteiger partial charge is 0.325 e. The summed E-state index contributed by atoms with van der Waals surface area (Å²) in [6.07, 6.45) is 5.11. The van der Waals surface area contributed by atoms with Crippen molar-refractivity contribution in [1.82, 2.24) is 5.32 Å². The molecule has 0 heterocycles. The molecule has 1 unspecified atom stereocenters. The number of methoxy groups -OCH3 is 1. The van der Waals surface area contributed by atoms with E-state index in [0.717, 1.165) is 4.47 Å². The van der Waals surface area contributed by atoms with Gasteiger partial charge in [-0.3, -0.25) is 10.1 Å². The van der Waals surface area contributed by atoms with Gasteiger partial charge in [0.25, 0.3) is 0 Å². The zero-order valence-electron chi connectivity index (χ0n) is 9.24. The summed E-state index contributed by atoms with van der Waals surface area (Å²) < 4.78 is 5.92. The lowest BCUT2D eigenvalue weighted by atomic mass is 10.1. The van der Waals surface area contributed by atoms with Crippen molar-refractivity contribution >= 4 is 21.9 Å². The molecule has 0 spiro atoms. The van der Waals surface area contributed by atoms with Gasteiger partial charge < -0.3 is 9.84 Å². The molecule has 4 nitrogen and oxygen atoms in total. The van der Waals surface area contributed by atoms with E-state index in [2.05, 4.69) is 27.2 Å². The summed E-state index contributed by atoms with van der Waals surface area (Å²) in [4.78, 5) is 11.2. The van der Waals surface area contributed by atoms with Crippen LogP contribution in [-0.2, 0) is 4.79 Å². The summed E-state index contributed by atoms with van der Waals surface area (Å²) in [6, 6.07) is 4.29. The Balaban J connectivity index is 3.12. The van der Waals surface area contributed by atoms with Crippen LogP contribution in [0.4, 0.5) is 0 Å². The van der Waals surface area contributed by atoms with Crippen LogP contribution in [0.25, 0.3) is 0 Å². The van der Waals surface area contributed by atoms with Crippen LogP contribution in [0.5, 0.6) is 5.75 Å². The first-order valence-corrected chi connectivity index (χ1v) is 5.62. The first-order valence-electron chi connectivity index (χ1n) is 4.83. The zero-order valence-corrected chi connectivity index (χ0v) is 10.8. The van der Waals surface area contributed by atoms with Gasteiger partial charge in [0.1, 0.15) is 11.8 Å². The third-order valence-corrected chi connectivity index (χ3v) is 2.65. The van der Waals surface area contributed by atoms with Crippen LogP contribution in [0, 0.1) is 12.3 Å². The quantitative estimate of drug-likeness (QED) is 0.814. The van der Waals surface area contributed by atoms with E-state index in [1.165, 1.54) is 7.11 Å². The molecule has 0 amide bonds. The minimum atomic E-state index is -1.00. The largest absolute Gasteiger partial charge is 0.496 e. The van der Waals surface area contributed by atoms with Crippen molar-refractivity contribution < 1.29 is 14.6 Å². The van der Waals surface area contributed by atoms with Gasteiger partial charge in [0.15, 0.2) is 0 Å². The fourth-order valence-corrected chi connectivity index (χ4v) is 1.80. The predicted molar refractivity (Wildman–Crippen MR) is 67.9 cm³/mol. The molecular formula is C12H12BrNO3. The van der Waals surface area contributed by atoms with Crippen LogP contribution in [0.3, 0.4) is 0 Å². The summed E-state index contributed by atoms with van der Waals surface area (Å²) in [5.74, 6) is 1.85. The van der Waals surface area contributed by atoms with E-state index in [4.69, 9.17) is 16.3 Å².